The zero-order valence-electron chi connectivity index (χ0n) is 8.81. The molecule has 1 heterocycles. The van der Waals surface area contributed by atoms with Gasteiger partial charge in [0.05, 0.1) is 22.4 Å². The lowest BCUT2D eigenvalue weighted by molar-refractivity contribution is 0.660. The van der Waals surface area contributed by atoms with Crippen LogP contribution in [-0.4, -0.2) is 0 Å². The Morgan fingerprint density at radius 3 is 2.59 bits per heavy atom. The molecule has 0 N–H and O–H groups in total. The van der Waals surface area contributed by atoms with Crippen molar-refractivity contribution in [2.24, 2.45) is 0 Å². The Labute approximate surface area is 96.5 Å². The summed E-state index contributed by atoms with van der Waals surface area (Å²) >= 11 is 0. The van der Waals surface area contributed by atoms with Gasteiger partial charge in [0.1, 0.15) is 11.2 Å². The molecule has 0 aliphatic carbocycles. The second kappa shape index (κ2) is 3.46. The van der Waals surface area contributed by atoms with Crippen molar-refractivity contribution in [3.8, 4) is 6.07 Å². The number of fused-ring (bicyclic) bond motifs is 2. The number of rotatable bonds is 0. The van der Waals surface area contributed by atoms with E-state index in [0.29, 0.717) is 27.5 Å². The molecule has 0 unspecified atom stereocenters. The number of hydrogen-bond donors (Lipinski definition) is 0. The van der Waals surface area contributed by atoms with Crippen LogP contribution in [0.15, 0.2) is 51.7 Å². The zero-order valence-corrected chi connectivity index (χ0v) is 8.81. The summed E-state index contributed by atoms with van der Waals surface area (Å²) in [6.45, 7) is 0. The third-order valence-corrected chi connectivity index (χ3v) is 2.71. The average Bonchev–Trinajstić information content (AvgIpc) is 2.38. The Balaban J connectivity index is 2.56. The summed E-state index contributed by atoms with van der Waals surface area (Å²) in [5, 5.41) is 9.87. The normalized spacial score (nSPS) is 10.5. The topological polar surface area (TPSA) is 54.0 Å². The van der Waals surface area contributed by atoms with Crippen LogP contribution in [0.2, 0.25) is 0 Å². The minimum Gasteiger partial charge on any atom is -0.456 e. The van der Waals surface area contributed by atoms with Gasteiger partial charge in [-0.3, -0.25) is 4.79 Å². The second-order valence-electron chi connectivity index (χ2n) is 3.75. The van der Waals surface area contributed by atoms with E-state index in [9.17, 15) is 4.79 Å². The smallest absolute Gasteiger partial charge is 0.200 e. The van der Waals surface area contributed by atoms with Crippen molar-refractivity contribution in [1.82, 2.24) is 0 Å². The first-order valence-electron chi connectivity index (χ1n) is 5.15. The van der Waals surface area contributed by atoms with Crippen LogP contribution in [0.3, 0.4) is 0 Å². The standard InChI is InChI=1S/C14H7NO2/c15-8-9-5-6-11-13(7-9)17-12-4-2-1-3-10(12)14(11)16/h1-7H. The second-order valence-corrected chi connectivity index (χ2v) is 3.75. The molecule has 0 radical (unpaired) electrons. The average molecular weight is 221 g/mol. The van der Waals surface area contributed by atoms with Gasteiger partial charge in [-0.1, -0.05) is 12.1 Å². The molecular formula is C14H7NO2. The van der Waals surface area contributed by atoms with E-state index in [4.69, 9.17) is 9.68 Å². The third kappa shape index (κ3) is 1.39. The first kappa shape index (κ1) is 9.61. The fraction of sp³-hybridized carbons (Fsp3) is 0. The molecule has 0 aliphatic heterocycles. The van der Waals surface area contributed by atoms with Gasteiger partial charge >= 0.3 is 0 Å². The molecule has 0 atom stereocenters. The highest BCUT2D eigenvalue weighted by Gasteiger charge is 2.07. The zero-order chi connectivity index (χ0) is 11.8. The molecule has 0 spiro atoms. The summed E-state index contributed by atoms with van der Waals surface area (Å²) in [5.41, 5.74) is 1.41. The van der Waals surface area contributed by atoms with E-state index in [1.54, 1.807) is 36.4 Å². The molecule has 1 aromatic heterocycles. The van der Waals surface area contributed by atoms with Crippen molar-refractivity contribution >= 4 is 21.9 Å². The van der Waals surface area contributed by atoms with Crippen LogP contribution in [0.5, 0.6) is 0 Å². The summed E-state index contributed by atoms with van der Waals surface area (Å²) in [5.74, 6) is 0. The van der Waals surface area contributed by atoms with E-state index >= 15 is 0 Å². The lowest BCUT2D eigenvalue weighted by atomic mass is 10.1. The molecule has 3 rings (SSSR count). The Kier molecular flexibility index (Phi) is 1.96. The highest BCUT2D eigenvalue weighted by molar-refractivity contribution is 5.90. The molecule has 3 heteroatoms. The van der Waals surface area contributed by atoms with Gasteiger partial charge in [-0.15, -0.1) is 0 Å². The Hall–Kier alpha value is -2.60. The van der Waals surface area contributed by atoms with Gasteiger partial charge in [0.15, 0.2) is 0 Å². The van der Waals surface area contributed by atoms with Crippen LogP contribution in [-0.2, 0) is 0 Å². The minimum atomic E-state index is -0.0636. The van der Waals surface area contributed by atoms with E-state index in [1.807, 2.05) is 12.1 Å². The molecule has 3 aromatic rings. The molecule has 0 saturated heterocycles. The lowest BCUT2D eigenvalue weighted by Gasteiger charge is -2.00. The van der Waals surface area contributed by atoms with Crippen LogP contribution in [0.25, 0.3) is 21.9 Å². The van der Waals surface area contributed by atoms with Crippen molar-refractivity contribution in [3.63, 3.8) is 0 Å². The van der Waals surface area contributed by atoms with Crippen molar-refractivity contribution in [2.75, 3.05) is 0 Å². The molecule has 0 fully saturated rings. The monoisotopic (exact) mass is 221 g/mol. The van der Waals surface area contributed by atoms with E-state index in [-0.39, 0.29) is 5.43 Å². The first-order valence-corrected chi connectivity index (χ1v) is 5.15. The largest absolute Gasteiger partial charge is 0.456 e. The quantitative estimate of drug-likeness (QED) is 0.548. The molecule has 0 saturated carbocycles. The Morgan fingerprint density at radius 2 is 1.76 bits per heavy atom. The summed E-state index contributed by atoms with van der Waals surface area (Å²) in [7, 11) is 0. The van der Waals surface area contributed by atoms with Crippen molar-refractivity contribution in [1.29, 1.82) is 5.26 Å². The third-order valence-electron chi connectivity index (χ3n) is 2.71. The maximum atomic E-state index is 12.1. The van der Waals surface area contributed by atoms with Crippen LogP contribution >= 0.6 is 0 Å². The van der Waals surface area contributed by atoms with Crippen LogP contribution in [0, 0.1) is 11.3 Å². The molecule has 80 valence electrons. The van der Waals surface area contributed by atoms with Crippen LogP contribution in [0.1, 0.15) is 5.56 Å². The van der Waals surface area contributed by atoms with E-state index < -0.39 is 0 Å². The molecule has 0 bridgehead atoms. The molecule has 0 amide bonds. The van der Waals surface area contributed by atoms with Gasteiger partial charge < -0.3 is 4.42 Å². The molecule has 2 aromatic carbocycles. The van der Waals surface area contributed by atoms with Gasteiger partial charge in [0.2, 0.25) is 5.43 Å². The van der Waals surface area contributed by atoms with Gasteiger partial charge in [0.25, 0.3) is 0 Å². The number of nitriles is 1. The lowest BCUT2D eigenvalue weighted by Crippen LogP contribution is -2.01. The number of benzene rings is 2. The summed E-state index contributed by atoms with van der Waals surface area (Å²) in [6, 6.07) is 14.0. The van der Waals surface area contributed by atoms with Crippen molar-refractivity contribution in [3.05, 3.63) is 58.3 Å². The Bertz CT molecular complexity index is 825. The molecule has 0 aliphatic rings. The van der Waals surface area contributed by atoms with E-state index in [0.717, 1.165) is 0 Å². The van der Waals surface area contributed by atoms with E-state index in [1.165, 1.54) is 0 Å². The Morgan fingerprint density at radius 1 is 1.00 bits per heavy atom. The van der Waals surface area contributed by atoms with Crippen LogP contribution < -0.4 is 5.43 Å². The number of nitrogens with zero attached hydrogens (tertiary/aromatic N) is 1. The summed E-state index contributed by atoms with van der Waals surface area (Å²) in [4.78, 5) is 12.1. The summed E-state index contributed by atoms with van der Waals surface area (Å²) in [6.07, 6.45) is 0. The highest BCUT2D eigenvalue weighted by atomic mass is 16.3. The first-order chi connectivity index (χ1) is 8.29. The maximum absolute atomic E-state index is 12.1. The maximum Gasteiger partial charge on any atom is 0.200 e. The minimum absolute atomic E-state index is 0.0636. The van der Waals surface area contributed by atoms with Gasteiger partial charge in [-0.2, -0.15) is 5.26 Å². The predicted molar refractivity (Wildman–Crippen MR) is 64.7 cm³/mol. The molecule has 17 heavy (non-hydrogen) atoms. The van der Waals surface area contributed by atoms with Crippen molar-refractivity contribution in [2.45, 2.75) is 0 Å². The summed E-state index contributed by atoms with van der Waals surface area (Å²) < 4.78 is 5.62. The predicted octanol–water partition coefficient (Wildman–Crippen LogP) is 2.82. The molecule has 3 nitrogen and oxygen atoms in total. The fourth-order valence-electron chi connectivity index (χ4n) is 1.87. The van der Waals surface area contributed by atoms with E-state index in [2.05, 4.69) is 0 Å². The highest BCUT2D eigenvalue weighted by Crippen LogP contribution is 2.19. The fourth-order valence-corrected chi connectivity index (χ4v) is 1.87. The van der Waals surface area contributed by atoms with Gasteiger partial charge in [-0.25, -0.2) is 0 Å². The van der Waals surface area contributed by atoms with Crippen molar-refractivity contribution < 1.29 is 4.42 Å². The van der Waals surface area contributed by atoms with Crippen LogP contribution in [0.4, 0.5) is 0 Å². The van der Waals surface area contributed by atoms with Gasteiger partial charge in [-0.05, 0) is 30.3 Å². The number of hydrogen-bond acceptors (Lipinski definition) is 3. The molecular weight excluding hydrogens is 214 g/mol. The number of para-hydroxylation sites is 1. The SMILES string of the molecule is N#Cc1ccc2c(=O)c3ccccc3oc2c1. The van der Waals surface area contributed by atoms with Gasteiger partial charge in [0, 0.05) is 0 Å².